The van der Waals surface area contributed by atoms with Gasteiger partial charge in [0, 0.05) is 17.5 Å². The summed E-state index contributed by atoms with van der Waals surface area (Å²) in [6.45, 7) is 3.13. The molecule has 2 unspecified atom stereocenters. The first-order valence-electron chi connectivity index (χ1n) is 4.61. The lowest BCUT2D eigenvalue weighted by molar-refractivity contribution is 0.0157. The highest BCUT2D eigenvalue weighted by molar-refractivity contribution is 7.99. The van der Waals surface area contributed by atoms with Crippen molar-refractivity contribution in [3.63, 3.8) is 0 Å². The van der Waals surface area contributed by atoms with Gasteiger partial charge >= 0.3 is 0 Å². The summed E-state index contributed by atoms with van der Waals surface area (Å²) in [7, 11) is 4.28. The Hall–Kier alpha value is 0.270. The molecule has 2 atom stereocenters. The van der Waals surface area contributed by atoms with E-state index in [9.17, 15) is 0 Å². The zero-order chi connectivity index (χ0) is 8.97. The Morgan fingerprint density at radius 1 is 1.50 bits per heavy atom. The molecule has 72 valence electrons. The van der Waals surface area contributed by atoms with Crippen LogP contribution in [0.4, 0.5) is 0 Å². The van der Waals surface area contributed by atoms with Gasteiger partial charge in [-0.25, -0.2) is 0 Å². The smallest absolute Gasteiger partial charge is 0.0735 e. The van der Waals surface area contributed by atoms with E-state index in [1.54, 1.807) is 0 Å². The van der Waals surface area contributed by atoms with Crippen molar-refractivity contribution < 1.29 is 4.74 Å². The molecule has 0 aromatic rings. The minimum absolute atomic E-state index is 0.440. The maximum atomic E-state index is 5.76. The van der Waals surface area contributed by atoms with Crippen LogP contribution >= 0.6 is 11.8 Å². The third-order valence-corrected chi connectivity index (χ3v) is 3.38. The van der Waals surface area contributed by atoms with E-state index < -0.39 is 0 Å². The second kappa shape index (κ2) is 5.10. The van der Waals surface area contributed by atoms with Gasteiger partial charge in [-0.1, -0.05) is 6.92 Å². The van der Waals surface area contributed by atoms with Crippen LogP contribution in [0.15, 0.2) is 0 Å². The van der Waals surface area contributed by atoms with Gasteiger partial charge in [-0.2, -0.15) is 11.8 Å². The van der Waals surface area contributed by atoms with Crippen LogP contribution in [-0.4, -0.2) is 49.3 Å². The first-order chi connectivity index (χ1) is 5.75. The van der Waals surface area contributed by atoms with E-state index in [-0.39, 0.29) is 0 Å². The highest BCUT2D eigenvalue weighted by Crippen LogP contribution is 2.18. The number of likely N-dealkylation sites (N-methyl/N-ethyl adjacent to an activating group) is 1. The van der Waals surface area contributed by atoms with Crippen LogP contribution in [0.2, 0.25) is 0 Å². The number of nitrogens with zero attached hydrogens (tertiary/aromatic N) is 1. The van der Waals surface area contributed by atoms with Crippen molar-refractivity contribution in [2.24, 2.45) is 0 Å². The molecule has 0 aromatic carbocycles. The molecule has 0 aromatic heterocycles. The lowest BCUT2D eigenvalue weighted by Gasteiger charge is -2.29. The monoisotopic (exact) mass is 189 g/mol. The third-order valence-electron chi connectivity index (χ3n) is 2.34. The summed E-state index contributed by atoms with van der Waals surface area (Å²) in [4.78, 5) is 2.28. The van der Waals surface area contributed by atoms with E-state index in [1.807, 2.05) is 11.8 Å². The standard InChI is InChI=1S/C9H19NOS/c1-4-9-8(10(2)3)7-12-6-5-11-9/h8-9H,4-7H2,1-3H3. The second-order valence-corrected chi connectivity index (χ2v) is 4.57. The van der Waals surface area contributed by atoms with Gasteiger partial charge in [0.2, 0.25) is 0 Å². The molecular weight excluding hydrogens is 170 g/mol. The van der Waals surface area contributed by atoms with Gasteiger partial charge in [0.15, 0.2) is 0 Å². The third kappa shape index (κ3) is 2.64. The van der Waals surface area contributed by atoms with Gasteiger partial charge < -0.3 is 9.64 Å². The number of hydrogen-bond donors (Lipinski definition) is 0. The Bertz CT molecular complexity index is 130. The predicted octanol–water partition coefficient (Wildman–Crippen LogP) is 1.46. The number of thioether (sulfide) groups is 1. The van der Waals surface area contributed by atoms with E-state index in [2.05, 4.69) is 25.9 Å². The summed E-state index contributed by atoms with van der Waals surface area (Å²) in [5, 5.41) is 0. The molecule has 0 spiro atoms. The highest BCUT2D eigenvalue weighted by atomic mass is 32.2. The van der Waals surface area contributed by atoms with E-state index in [0.29, 0.717) is 12.1 Å². The second-order valence-electron chi connectivity index (χ2n) is 3.42. The molecule has 0 bridgehead atoms. The number of ether oxygens (including phenoxy) is 1. The molecule has 1 saturated heterocycles. The van der Waals surface area contributed by atoms with Crippen molar-refractivity contribution in [1.29, 1.82) is 0 Å². The largest absolute Gasteiger partial charge is 0.376 e. The zero-order valence-electron chi connectivity index (χ0n) is 8.25. The number of rotatable bonds is 2. The molecule has 1 aliphatic heterocycles. The van der Waals surface area contributed by atoms with Gasteiger partial charge in [-0.3, -0.25) is 0 Å². The summed E-state index contributed by atoms with van der Waals surface area (Å²) >= 11 is 2.00. The van der Waals surface area contributed by atoms with Crippen LogP contribution in [0.1, 0.15) is 13.3 Å². The fourth-order valence-corrected chi connectivity index (χ4v) is 2.69. The molecule has 2 nitrogen and oxygen atoms in total. The molecule has 1 rings (SSSR count). The molecule has 1 heterocycles. The first kappa shape index (κ1) is 10.4. The van der Waals surface area contributed by atoms with E-state index in [0.717, 1.165) is 18.8 Å². The summed E-state index contributed by atoms with van der Waals surface area (Å²) in [6, 6.07) is 0.600. The van der Waals surface area contributed by atoms with Gasteiger partial charge in [0.25, 0.3) is 0 Å². The summed E-state index contributed by atoms with van der Waals surface area (Å²) in [5.74, 6) is 2.37. The highest BCUT2D eigenvalue weighted by Gasteiger charge is 2.24. The maximum absolute atomic E-state index is 5.76. The molecule has 3 heteroatoms. The molecule has 1 fully saturated rings. The molecular formula is C9H19NOS. The Labute approximate surface area is 79.6 Å². The van der Waals surface area contributed by atoms with Crippen LogP contribution in [-0.2, 0) is 4.74 Å². The average molecular weight is 189 g/mol. The number of hydrogen-bond acceptors (Lipinski definition) is 3. The van der Waals surface area contributed by atoms with Crippen molar-refractivity contribution in [3.8, 4) is 0 Å². The Morgan fingerprint density at radius 2 is 2.25 bits per heavy atom. The summed E-state index contributed by atoms with van der Waals surface area (Å²) in [5.41, 5.74) is 0. The molecule has 0 amide bonds. The summed E-state index contributed by atoms with van der Waals surface area (Å²) < 4.78 is 5.76. The van der Waals surface area contributed by atoms with Crippen LogP contribution in [0.25, 0.3) is 0 Å². The van der Waals surface area contributed by atoms with Gasteiger partial charge in [-0.15, -0.1) is 0 Å². The SMILES string of the molecule is CCC1OCCSCC1N(C)C. The minimum Gasteiger partial charge on any atom is -0.376 e. The van der Waals surface area contributed by atoms with Crippen LogP contribution in [0.5, 0.6) is 0 Å². The quantitative estimate of drug-likeness (QED) is 0.652. The topological polar surface area (TPSA) is 12.5 Å². The van der Waals surface area contributed by atoms with Gasteiger partial charge in [0.1, 0.15) is 0 Å². The van der Waals surface area contributed by atoms with Crippen molar-refractivity contribution in [2.45, 2.75) is 25.5 Å². The molecule has 0 saturated carbocycles. The lowest BCUT2D eigenvalue weighted by atomic mass is 10.1. The van der Waals surface area contributed by atoms with Crippen molar-refractivity contribution in [3.05, 3.63) is 0 Å². The molecule has 0 radical (unpaired) electrons. The Balaban J connectivity index is 2.51. The van der Waals surface area contributed by atoms with E-state index >= 15 is 0 Å². The predicted molar refractivity (Wildman–Crippen MR) is 54.8 cm³/mol. The average Bonchev–Trinajstić information content (AvgIpc) is 2.27. The fraction of sp³-hybridized carbons (Fsp3) is 1.00. The molecule has 0 N–H and O–H groups in total. The minimum atomic E-state index is 0.440. The van der Waals surface area contributed by atoms with E-state index in [1.165, 1.54) is 5.75 Å². The van der Waals surface area contributed by atoms with Crippen molar-refractivity contribution in [2.75, 3.05) is 32.2 Å². The molecule has 12 heavy (non-hydrogen) atoms. The fourth-order valence-electron chi connectivity index (χ4n) is 1.55. The van der Waals surface area contributed by atoms with Crippen molar-refractivity contribution in [1.82, 2.24) is 4.90 Å². The van der Waals surface area contributed by atoms with E-state index in [4.69, 9.17) is 4.74 Å². The van der Waals surface area contributed by atoms with Crippen LogP contribution in [0, 0.1) is 0 Å². The molecule has 1 aliphatic rings. The Morgan fingerprint density at radius 3 is 2.83 bits per heavy atom. The first-order valence-corrected chi connectivity index (χ1v) is 5.77. The summed E-state index contributed by atoms with van der Waals surface area (Å²) in [6.07, 6.45) is 1.57. The Kier molecular flexibility index (Phi) is 4.40. The maximum Gasteiger partial charge on any atom is 0.0735 e. The van der Waals surface area contributed by atoms with Gasteiger partial charge in [0.05, 0.1) is 12.7 Å². The zero-order valence-corrected chi connectivity index (χ0v) is 9.06. The lowest BCUT2D eigenvalue weighted by Crippen LogP contribution is -2.41. The van der Waals surface area contributed by atoms with Crippen LogP contribution in [0.3, 0.4) is 0 Å². The molecule has 0 aliphatic carbocycles. The van der Waals surface area contributed by atoms with Crippen LogP contribution < -0.4 is 0 Å². The van der Waals surface area contributed by atoms with Crippen molar-refractivity contribution >= 4 is 11.8 Å². The van der Waals surface area contributed by atoms with Gasteiger partial charge in [-0.05, 0) is 20.5 Å². The normalized spacial score (nSPS) is 32.0.